The van der Waals surface area contributed by atoms with Gasteiger partial charge in [0, 0.05) is 18.8 Å². The van der Waals surface area contributed by atoms with E-state index in [2.05, 4.69) is 4.74 Å². The molecule has 1 saturated heterocycles. The van der Waals surface area contributed by atoms with Crippen LogP contribution in [0, 0.1) is 5.92 Å². The molecule has 0 unspecified atom stereocenters. The van der Waals surface area contributed by atoms with Gasteiger partial charge >= 0.3 is 12.6 Å². The molecule has 0 spiro atoms. The van der Waals surface area contributed by atoms with Crippen molar-refractivity contribution in [3.63, 3.8) is 0 Å². The lowest BCUT2D eigenvalue weighted by Gasteiger charge is -2.32. The molecule has 0 amide bonds. The molecular formula is C13H15F2NO3. The number of alkyl halides is 2. The minimum absolute atomic E-state index is 0.124. The van der Waals surface area contributed by atoms with Crippen LogP contribution in [0.15, 0.2) is 24.3 Å². The van der Waals surface area contributed by atoms with Gasteiger partial charge in [-0.3, -0.25) is 4.79 Å². The fraction of sp³-hybridized carbons (Fsp3) is 0.462. The van der Waals surface area contributed by atoms with Crippen molar-refractivity contribution in [2.75, 3.05) is 18.0 Å². The van der Waals surface area contributed by atoms with Gasteiger partial charge in [-0.1, -0.05) is 0 Å². The molecule has 0 aliphatic carbocycles. The maximum absolute atomic E-state index is 12.0. The van der Waals surface area contributed by atoms with Crippen LogP contribution in [0.2, 0.25) is 0 Å². The summed E-state index contributed by atoms with van der Waals surface area (Å²) in [6.07, 6.45) is 1.20. The van der Waals surface area contributed by atoms with Gasteiger partial charge in [0.25, 0.3) is 0 Å². The highest BCUT2D eigenvalue weighted by molar-refractivity contribution is 5.70. The van der Waals surface area contributed by atoms with Crippen molar-refractivity contribution in [3.05, 3.63) is 24.3 Å². The van der Waals surface area contributed by atoms with Crippen LogP contribution < -0.4 is 9.64 Å². The third kappa shape index (κ3) is 3.56. The predicted octanol–water partition coefficient (Wildman–Crippen LogP) is 2.59. The molecule has 1 heterocycles. The topological polar surface area (TPSA) is 49.8 Å². The number of nitrogens with zero attached hydrogens (tertiary/aromatic N) is 1. The van der Waals surface area contributed by atoms with Crippen molar-refractivity contribution in [1.82, 2.24) is 0 Å². The zero-order valence-electron chi connectivity index (χ0n) is 10.3. The van der Waals surface area contributed by atoms with Crippen LogP contribution in [-0.4, -0.2) is 30.8 Å². The number of carboxylic acids is 1. The lowest BCUT2D eigenvalue weighted by Crippen LogP contribution is -2.36. The number of carboxylic acid groups (broad SMARTS) is 1. The number of carbonyl (C=O) groups is 1. The zero-order chi connectivity index (χ0) is 13.8. The second-order valence-corrected chi connectivity index (χ2v) is 4.47. The molecule has 104 valence electrons. The van der Waals surface area contributed by atoms with Gasteiger partial charge in [0.05, 0.1) is 5.92 Å². The van der Waals surface area contributed by atoms with Gasteiger partial charge in [-0.2, -0.15) is 8.78 Å². The average molecular weight is 271 g/mol. The second-order valence-electron chi connectivity index (χ2n) is 4.47. The van der Waals surface area contributed by atoms with Crippen LogP contribution in [0.25, 0.3) is 0 Å². The first-order valence-electron chi connectivity index (χ1n) is 6.09. The second kappa shape index (κ2) is 5.86. The first-order valence-corrected chi connectivity index (χ1v) is 6.09. The first kappa shape index (κ1) is 13.6. The van der Waals surface area contributed by atoms with Gasteiger partial charge in [-0.05, 0) is 37.1 Å². The standard InChI is InChI=1S/C13H15F2NO3/c14-13(15)19-11-3-1-10(2-4-11)16-7-5-9(6-8-16)12(17)18/h1-4,9,13H,5-8H2,(H,17,18). The van der Waals surface area contributed by atoms with E-state index in [0.29, 0.717) is 25.9 Å². The van der Waals surface area contributed by atoms with Crippen molar-refractivity contribution < 1.29 is 23.4 Å². The number of anilines is 1. The molecule has 0 saturated carbocycles. The fourth-order valence-electron chi connectivity index (χ4n) is 2.22. The van der Waals surface area contributed by atoms with Gasteiger partial charge in [0.2, 0.25) is 0 Å². The third-order valence-corrected chi connectivity index (χ3v) is 3.27. The Kier molecular flexibility index (Phi) is 4.19. The third-order valence-electron chi connectivity index (χ3n) is 3.27. The van der Waals surface area contributed by atoms with Crippen LogP contribution in [0.4, 0.5) is 14.5 Å². The monoisotopic (exact) mass is 271 g/mol. The van der Waals surface area contributed by atoms with E-state index in [4.69, 9.17) is 5.11 Å². The summed E-state index contributed by atoms with van der Waals surface area (Å²) < 4.78 is 28.3. The number of piperidine rings is 1. The summed E-state index contributed by atoms with van der Waals surface area (Å²) >= 11 is 0. The average Bonchev–Trinajstić information content (AvgIpc) is 2.39. The molecule has 0 bridgehead atoms. The molecule has 2 rings (SSSR count). The highest BCUT2D eigenvalue weighted by Gasteiger charge is 2.24. The van der Waals surface area contributed by atoms with Gasteiger partial charge in [0.1, 0.15) is 5.75 Å². The smallest absolute Gasteiger partial charge is 0.387 e. The Hall–Kier alpha value is -1.85. The number of hydrogen-bond donors (Lipinski definition) is 1. The van der Waals surface area contributed by atoms with E-state index in [1.54, 1.807) is 12.1 Å². The molecule has 1 aliphatic rings. The van der Waals surface area contributed by atoms with Gasteiger partial charge in [0.15, 0.2) is 0 Å². The number of rotatable bonds is 4. The Morgan fingerprint density at radius 1 is 1.26 bits per heavy atom. The summed E-state index contributed by atoms with van der Waals surface area (Å²) in [6, 6.07) is 6.40. The van der Waals surface area contributed by atoms with E-state index in [1.807, 2.05) is 4.90 Å². The summed E-state index contributed by atoms with van der Waals surface area (Å²) in [5.74, 6) is -0.905. The Labute approximate surface area is 109 Å². The molecule has 0 atom stereocenters. The molecule has 1 fully saturated rings. The van der Waals surface area contributed by atoms with Crippen LogP contribution >= 0.6 is 0 Å². The molecule has 1 aromatic rings. The largest absolute Gasteiger partial charge is 0.481 e. The van der Waals surface area contributed by atoms with Crippen molar-refractivity contribution in [2.24, 2.45) is 5.92 Å². The Bertz CT molecular complexity index is 428. The van der Waals surface area contributed by atoms with Gasteiger partial charge in [-0.25, -0.2) is 0 Å². The maximum atomic E-state index is 12.0. The molecular weight excluding hydrogens is 256 g/mol. The van der Waals surface area contributed by atoms with Crippen LogP contribution in [0.1, 0.15) is 12.8 Å². The molecule has 6 heteroatoms. The zero-order valence-corrected chi connectivity index (χ0v) is 10.3. The number of aliphatic carboxylic acids is 1. The van der Waals surface area contributed by atoms with E-state index >= 15 is 0 Å². The molecule has 0 radical (unpaired) electrons. The minimum Gasteiger partial charge on any atom is -0.481 e. The molecule has 1 aromatic carbocycles. The van der Waals surface area contributed by atoms with Crippen LogP contribution in [0.5, 0.6) is 5.75 Å². The van der Waals surface area contributed by atoms with E-state index in [0.717, 1.165) is 5.69 Å². The minimum atomic E-state index is -2.82. The van der Waals surface area contributed by atoms with E-state index in [-0.39, 0.29) is 11.7 Å². The number of hydrogen-bond acceptors (Lipinski definition) is 3. The van der Waals surface area contributed by atoms with Crippen molar-refractivity contribution in [1.29, 1.82) is 0 Å². The van der Waals surface area contributed by atoms with Gasteiger partial charge in [-0.15, -0.1) is 0 Å². The first-order chi connectivity index (χ1) is 9.06. The summed E-state index contributed by atoms with van der Waals surface area (Å²) in [4.78, 5) is 12.9. The number of halogens is 2. The fourth-order valence-corrected chi connectivity index (χ4v) is 2.22. The van der Waals surface area contributed by atoms with Gasteiger partial charge < -0.3 is 14.7 Å². The normalized spacial score (nSPS) is 16.7. The SMILES string of the molecule is O=C(O)C1CCN(c2ccc(OC(F)F)cc2)CC1. The summed E-state index contributed by atoms with van der Waals surface area (Å²) in [7, 11) is 0. The van der Waals surface area contributed by atoms with Crippen molar-refractivity contribution in [3.8, 4) is 5.75 Å². The Balaban J connectivity index is 1.94. The Morgan fingerprint density at radius 2 is 1.84 bits per heavy atom. The lowest BCUT2D eigenvalue weighted by atomic mass is 9.97. The highest BCUT2D eigenvalue weighted by Crippen LogP contribution is 2.25. The highest BCUT2D eigenvalue weighted by atomic mass is 19.3. The van der Waals surface area contributed by atoms with E-state index in [9.17, 15) is 13.6 Å². The van der Waals surface area contributed by atoms with E-state index < -0.39 is 12.6 Å². The van der Waals surface area contributed by atoms with Crippen LogP contribution in [-0.2, 0) is 4.79 Å². The number of benzene rings is 1. The molecule has 1 aliphatic heterocycles. The van der Waals surface area contributed by atoms with E-state index in [1.165, 1.54) is 12.1 Å². The molecule has 1 N–H and O–H groups in total. The van der Waals surface area contributed by atoms with Crippen LogP contribution in [0.3, 0.4) is 0 Å². The summed E-state index contributed by atoms with van der Waals surface area (Å²) in [6.45, 7) is -1.50. The molecule has 0 aromatic heterocycles. The maximum Gasteiger partial charge on any atom is 0.387 e. The lowest BCUT2D eigenvalue weighted by molar-refractivity contribution is -0.142. The predicted molar refractivity (Wildman–Crippen MR) is 65.6 cm³/mol. The van der Waals surface area contributed by atoms with Crippen molar-refractivity contribution in [2.45, 2.75) is 19.5 Å². The molecule has 4 nitrogen and oxygen atoms in total. The van der Waals surface area contributed by atoms with Crippen molar-refractivity contribution >= 4 is 11.7 Å². The number of ether oxygens (including phenoxy) is 1. The molecule has 19 heavy (non-hydrogen) atoms. The Morgan fingerprint density at radius 3 is 2.32 bits per heavy atom. The quantitative estimate of drug-likeness (QED) is 0.914. The summed E-state index contributed by atoms with van der Waals surface area (Å²) in [5.41, 5.74) is 0.894. The summed E-state index contributed by atoms with van der Waals surface area (Å²) in [5, 5.41) is 8.91.